The van der Waals surface area contributed by atoms with E-state index < -0.39 is 5.82 Å². The highest BCUT2D eigenvalue weighted by Gasteiger charge is 2.07. The molecule has 0 fully saturated rings. The molecule has 0 saturated heterocycles. The summed E-state index contributed by atoms with van der Waals surface area (Å²) >= 11 is 3.03. The van der Waals surface area contributed by atoms with Gasteiger partial charge in [0.15, 0.2) is 5.78 Å². The highest BCUT2D eigenvalue weighted by Crippen LogP contribution is 2.17. The lowest BCUT2D eigenvalue weighted by atomic mass is 10.1. The van der Waals surface area contributed by atoms with Crippen molar-refractivity contribution in [1.82, 2.24) is 0 Å². The third-order valence-corrected chi connectivity index (χ3v) is 2.61. The zero-order chi connectivity index (χ0) is 11.3. The van der Waals surface area contributed by atoms with Crippen molar-refractivity contribution in [1.29, 1.82) is 0 Å². The molecule has 0 atom stereocenters. The topological polar surface area (TPSA) is 17.1 Å². The third kappa shape index (κ3) is 3.49. The van der Waals surface area contributed by atoms with Crippen LogP contribution in [0, 0.1) is 18.2 Å². The van der Waals surface area contributed by atoms with Crippen LogP contribution >= 0.6 is 15.9 Å². The van der Waals surface area contributed by atoms with Crippen LogP contribution in [0.5, 0.6) is 0 Å². The molecule has 0 radical (unpaired) electrons. The molecule has 0 aliphatic rings. The van der Waals surface area contributed by atoms with Crippen LogP contribution in [-0.2, 0) is 0 Å². The second kappa shape index (κ2) is 5.67. The van der Waals surface area contributed by atoms with E-state index in [1.807, 2.05) is 0 Å². The normalized spacial score (nSPS) is 9.67. The zero-order valence-corrected chi connectivity index (χ0v) is 9.68. The highest BCUT2D eigenvalue weighted by atomic mass is 79.9. The maximum atomic E-state index is 13.1. The fourth-order valence-electron chi connectivity index (χ4n) is 1.16. The van der Waals surface area contributed by atoms with E-state index in [9.17, 15) is 9.18 Å². The molecule has 0 saturated carbocycles. The predicted octanol–water partition coefficient (Wildman–Crippen LogP) is 3.57. The number of rotatable bonds is 4. The molecule has 0 aromatic heterocycles. The average molecular weight is 269 g/mol. The van der Waals surface area contributed by atoms with E-state index in [1.165, 1.54) is 12.1 Å². The Kier molecular flexibility index (Phi) is 4.51. The molecule has 3 heteroatoms. The van der Waals surface area contributed by atoms with Crippen LogP contribution in [0.4, 0.5) is 4.39 Å². The molecule has 1 aromatic carbocycles. The molecule has 0 bridgehead atoms. The second-order valence-electron chi connectivity index (χ2n) is 3.11. The summed E-state index contributed by atoms with van der Waals surface area (Å²) in [5.74, 6) is 1.97. The quantitative estimate of drug-likeness (QED) is 0.464. The Morgan fingerprint density at radius 2 is 2.27 bits per heavy atom. The minimum absolute atomic E-state index is 0.0725. The van der Waals surface area contributed by atoms with Crippen LogP contribution in [0.25, 0.3) is 0 Å². The van der Waals surface area contributed by atoms with Crippen molar-refractivity contribution < 1.29 is 9.18 Å². The summed E-state index contributed by atoms with van der Waals surface area (Å²) in [6, 6.07) is 4.37. The molecule has 15 heavy (non-hydrogen) atoms. The number of terminal acetylenes is 1. The van der Waals surface area contributed by atoms with Crippen molar-refractivity contribution in [3.8, 4) is 12.3 Å². The minimum atomic E-state index is -0.419. The van der Waals surface area contributed by atoms with Crippen molar-refractivity contribution in [2.45, 2.75) is 19.3 Å². The Morgan fingerprint density at radius 1 is 1.53 bits per heavy atom. The number of unbranched alkanes of at least 4 members (excludes halogenated alkanes) is 1. The van der Waals surface area contributed by atoms with Crippen molar-refractivity contribution in [3.05, 3.63) is 34.1 Å². The lowest BCUT2D eigenvalue weighted by molar-refractivity contribution is 0.0980. The first-order chi connectivity index (χ1) is 7.15. The molecule has 1 aromatic rings. The van der Waals surface area contributed by atoms with Crippen molar-refractivity contribution in [3.63, 3.8) is 0 Å². The molecule has 0 N–H and O–H groups in total. The van der Waals surface area contributed by atoms with E-state index in [0.29, 0.717) is 29.3 Å². The number of Topliss-reactive ketones (excluding diaryl/α,β-unsaturated/α-hetero) is 1. The Morgan fingerprint density at radius 3 is 2.87 bits per heavy atom. The van der Waals surface area contributed by atoms with Crippen LogP contribution in [0.1, 0.15) is 29.6 Å². The number of halogens is 2. The van der Waals surface area contributed by atoms with Gasteiger partial charge in [0.25, 0.3) is 0 Å². The van der Waals surface area contributed by atoms with Gasteiger partial charge in [-0.3, -0.25) is 4.79 Å². The summed E-state index contributed by atoms with van der Waals surface area (Å²) in [5, 5.41) is 0. The minimum Gasteiger partial charge on any atom is -0.294 e. The maximum Gasteiger partial charge on any atom is 0.163 e. The van der Waals surface area contributed by atoms with E-state index in [0.717, 1.165) is 0 Å². The van der Waals surface area contributed by atoms with Gasteiger partial charge >= 0.3 is 0 Å². The first-order valence-corrected chi connectivity index (χ1v) is 5.36. The number of hydrogen-bond donors (Lipinski definition) is 0. The van der Waals surface area contributed by atoms with Gasteiger partial charge in [-0.2, -0.15) is 0 Å². The summed E-state index contributed by atoms with van der Waals surface area (Å²) in [7, 11) is 0. The zero-order valence-electron chi connectivity index (χ0n) is 8.09. The van der Waals surface area contributed by atoms with Crippen LogP contribution in [0.3, 0.4) is 0 Å². The highest BCUT2D eigenvalue weighted by molar-refractivity contribution is 9.10. The Balaban J connectivity index is 2.67. The Labute approximate surface area is 96.8 Å². The fourth-order valence-corrected chi connectivity index (χ4v) is 1.41. The SMILES string of the molecule is C#CCCCC(=O)c1ccc(Br)c(F)c1. The van der Waals surface area contributed by atoms with E-state index in [1.54, 1.807) is 6.07 Å². The standard InChI is InChI=1S/C12H10BrFO/c1-2-3-4-5-12(15)9-6-7-10(13)11(14)8-9/h1,6-8H,3-5H2. The van der Waals surface area contributed by atoms with Crippen molar-refractivity contribution in [2.24, 2.45) is 0 Å². The first kappa shape index (κ1) is 11.9. The summed E-state index contributed by atoms with van der Waals surface area (Å²) < 4.78 is 13.5. The molecule has 0 amide bonds. The van der Waals surface area contributed by atoms with Gasteiger partial charge in [0.1, 0.15) is 5.82 Å². The van der Waals surface area contributed by atoms with Gasteiger partial charge in [0.05, 0.1) is 4.47 Å². The number of benzene rings is 1. The van der Waals surface area contributed by atoms with Crippen molar-refractivity contribution >= 4 is 21.7 Å². The average Bonchev–Trinajstić information content (AvgIpc) is 2.22. The van der Waals surface area contributed by atoms with Crippen LogP contribution in [0.2, 0.25) is 0 Å². The molecule has 0 aliphatic heterocycles. The van der Waals surface area contributed by atoms with Gasteiger partial charge in [0.2, 0.25) is 0 Å². The van der Waals surface area contributed by atoms with Crippen LogP contribution < -0.4 is 0 Å². The lowest BCUT2D eigenvalue weighted by Crippen LogP contribution is -1.99. The summed E-state index contributed by atoms with van der Waals surface area (Å²) in [5.41, 5.74) is 0.396. The maximum absolute atomic E-state index is 13.1. The van der Waals surface area contributed by atoms with Crippen LogP contribution in [-0.4, -0.2) is 5.78 Å². The molecule has 0 unspecified atom stereocenters. The monoisotopic (exact) mass is 268 g/mol. The molecule has 78 valence electrons. The van der Waals surface area contributed by atoms with Crippen LogP contribution in [0.15, 0.2) is 22.7 Å². The van der Waals surface area contributed by atoms with E-state index >= 15 is 0 Å². The smallest absolute Gasteiger partial charge is 0.163 e. The summed E-state index contributed by atoms with van der Waals surface area (Å²) in [6.45, 7) is 0. The molecule has 0 spiro atoms. The first-order valence-electron chi connectivity index (χ1n) is 4.57. The van der Waals surface area contributed by atoms with E-state index in [4.69, 9.17) is 6.42 Å². The van der Waals surface area contributed by atoms with Gasteiger partial charge < -0.3 is 0 Å². The summed E-state index contributed by atoms with van der Waals surface area (Å²) in [6.07, 6.45) is 6.66. The van der Waals surface area contributed by atoms with Gasteiger partial charge in [-0.1, -0.05) is 6.07 Å². The lowest BCUT2D eigenvalue weighted by Gasteiger charge is -2.00. The molecule has 0 heterocycles. The van der Waals surface area contributed by atoms with Gasteiger partial charge in [-0.25, -0.2) is 4.39 Å². The number of carbonyl (C=O) groups is 1. The molecular weight excluding hydrogens is 259 g/mol. The third-order valence-electron chi connectivity index (χ3n) is 1.97. The molecule has 0 aliphatic carbocycles. The molecule has 1 nitrogen and oxygen atoms in total. The predicted molar refractivity (Wildman–Crippen MR) is 61.1 cm³/mol. The Bertz CT molecular complexity index is 407. The number of ketones is 1. The molecule has 1 rings (SSSR count). The Hall–Kier alpha value is -1.14. The second-order valence-corrected chi connectivity index (χ2v) is 3.96. The van der Waals surface area contributed by atoms with Gasteiger partial charge in [-0.15, -0.1) is 12.3 Å². The largest absolute Gasteiger partial charge is 0.294 e. The van der Waals surface area contributed by atoms with Gasteiger partial charge in [0, 0.05) is 18.4 Å². The number of carbonyl (C=O) groups excluding carboxylic acids is 1. The number of hydrogen-bond acceptors (Lipinski definition) is 1. The molecular formula is C12H10BrFO. The fraction of sp³-hybridized carbons (Fsp3) is 0.250. The van der Waals surface area contributed by atoms with E-state index in [2.05, 4.69) is 21.9 Å². The van der Waals surface area contributed by atoms with Gasteiger partial charge in [-0.05, 0) is 34.5 Å². The summed E-state index contributed by atoms with van der Waals surface area (Å²) in [4.78, 5) is 11.5. The van der Waals surface area contributed by atoms with Crippen molar-refractivity contribution in [2.75, 3.05) is 0 Å². The van der Waals surface area contributed by atoms with E-state index in [-0.39, 0.29) is 5.78 Å².